The van der Waals surface area contributed by atoms with Crippen LogP contribution in [0.15, 0.2) is 12.1 Å². The summed E-state index contributed by atoms with van der Waals surface area (Å²) in [6, 6.07) is 2.51. The van der Waals surface area contributed by atoms with Gasteiger partial charge in [-0.25, -0.2) is 8.78 Å². The molecule has 0 saturated carbocycles. The number of benzene rings is 1. The van der Waals surface area contributed by atoms with Gasteiger partial charge in [0.1, 0.15) is 11.6 Å². The van der Waals surface area contributed by atoms with E-state index in [2.05, 4.69) is 24.1 Å². The van der Waals surface area contributed by atoms with Crippen molar-refractivity contribution in [2.75, 3.05) is 19.6 Å². The molecule has 0 spiro atoms. The molecule has 1 aromatic rings. The summed E-state index contributed by atoms with van der Waals surface area (Å²) in [4.78, 5) is 2.33. The maximum Gasteiger partial charge on any atom is 0.133 e. The summed E-state index contributed by atoms with van der Waals surface area (Å²) >= 11 is 0. The van der Waals surface area contributed by atoms with Crippen LogP contribution in [0.25, 0.3) is 0 Å². The summed E-state index contributed by atoms with van der Waals surface area (Å²) in [5, 5.41) is 3.30. The van der Waals surface area contributed by atoms with Crippen LogP contribution < -0.4 is 5.32 Å². The Morgan fingerprint density at radius 1 is 1.24 bits per heavy atom. The first-order chi connectivity index (χ1) is 9.89. The fourth-order valence-electron chi connectivity index (χ4n) is 3.33. The zero-order chi connectivity index (χ0) is 15.6. The van der Waals surface area contributed by atoms with Crippen molar-refractivity contribution in [3.63, 3.8) is 0 Å². The van der Waals surface area contributed by atoms with Gasteiger partial charge in [-0.1, -0.05) is 13.0 Å². The van der Waals surface area contributed by atoms with Crippen molar-refractivity contribution in [3.05, 3.63) is 34.9 Å². The fraction of sp³-hybridized carbons (Fsp3) is 0.647. The standard InChI is InChI=1S/C17H26F2N2/c1-5-20-16(17(3,4)21-10-6-7-11-21)14-13(18)9-8-12(2)15(14)19/h8-9,16,20H,5-7,10-11H2,1-4H3. The lowest BCUT2D eigenvalue weighted by atomic mass is 9.85. The monoisotopic (exact) mass is 296 g/mol. The van der Waals surface area contributed by atoms with Crippen LogP contribution in [0.1, 0.15) is 50.8 Å². The molecule has 1 aromatic carbocycles. The minimum atomic E-state index is -0.462. The summed E-state index contributed by atoms with van der Waals surface area (Å²) in [6.07, 6.45) is 2.31. The summed E-state index contributed by atoms with van der Waals surface area (Å²) in [5.41, 5.74) is 0.336. The van der Waals surface area contributed by atoms with Crippen LogP contribution in [-0.4, -0.2) is 30.1 Å². The SMILES string of the molecule is CCNC(c1c(F)ccc(C)c1F)C(C)(C)N1CCCC1. The summed E-state index contributed by atoms with van der Waals surface area (Å²) in [7, 11) is 0. The zero-order valence-electron chi connectivity index (χ0n) is 13.5. The number of halogens is 2. The number of likely N-dealkylation sites (N-methyl/N-ethyl adjacent to an activating group) is 1. The molecule has 0 amide bonds. The molecule has 1 fully saturated rings. The summed E-state index contributed by atoms with van der Waals surface area (Å²) in [5.74, 6) is -0.885. The fourth-order valence-corrected chi connectivity index (χ4v) is 3.33. The van der Waals surface area contributed by atoms with Gasteiger partial charge < -0.3 is 5.32 Å². The van der Waals surface area contributed by atoms with E-state index in [0.29, 0.717) is 12.1 Å². The lowest BCUT2D eigenvalue weighted by Crippen LogP contribution is -2.52. The molecule has 1 saturated heterocycles. The van der Waals surface area contributed by atoms with Crippen LogP contribution >= 0.6 is 0 Å². The van der Waals surface area contributed by atoms with Crippen LogP contribution in [0.4, 0.5) is 8.78 Å². The third kappa shape index (κ3) is 3.11. The number of rotatable bonds is 5. The van der Waals surface area contributed by atoms with E-state index in [0.717, 1.165) is 25.9 Å². The normalized spacial score (nSPS) is 18.2. The summed E-state index contributed by atoms with van der Waals surface area (Å²) in [6.45, 7) is 10.5. The molecule has 2 nitrogen and oxygen atoms in total. The van der Waals surface area contributed by atoms with E-state index in [1.54, 1.807) is 6.92 Å². The van der Waals surface area contributed by atoms with E-state index in [9.17, 15) is 8.78 Å². The molecule has 1 N–H and O–H groups in total. The van der Waals surface area contributed by atoms with E-state index in [1.165, 1.54) is 12.1 Å². The minimum Gasteiger partial charge on any atom is -0.309 e. The van der Waals surface area contributed by atoms with Crippen LogP contribution in [0.5, 0.6) is 0 Å². The highest BCUT2D eigenvalue weighted by atomic mass is 19.1. The van der Waals surface area contributed by atoms with Gasteiger partial charge in [0.15, 0.2) is 0 Å². The first-order valence-electron chi connectivity index (χ1n) is 7.82. The molecule has 1 aliphatic heterocycles. The average molecular weight is 296 g/mol. The van der Waals surface area contributed by atoms with Crippen molar-refractivity contribution in [2.45, 2.75) is 52.1 Å². The lowest BCUT2D eigenvalue weighted by molar-refractivity contribution is 0.104. The Balaban J connectivity index is 2.45. The highest BCUT2D eigenvalue weighted by molar-refractivity contribution is 5.31. The number of likely N-dealkylation sites (tertiary alicyclic amines) is 1. The largest absolute Gasteiger partial charge is 0.309 e. The molecule has 1 heterocycles. The third-order valence-corrected chi connectivity index (χ3v) is 4.64. The van der Waals surface area contributed by atoms with Crippen LogP contribution in [0.2, 0.25) is 0 Å². The summed E-state index contributed by atoms with van der Waals surface area (Å²) < 4.78 is 28.9. The van der Waals surface area contributed by atoms with Gasteiger partial charge in [-0.15, -0.1) is 0 Å². The smallest absolute Gasteiger partial charge is 0.133 e. The van der Waals surface area contributed by atoms with Crippen LogP contribution in [0.3, 0.4) is 0 Å². The number of aryl methyl sites for hydroxylation is 1. The maximum atomic E-state index is 14.6. The van der Waals surface area contributed by atoms with Gasteiger partial charge in [-0.05, 0) is 64.9 Å². The molecule has 1 aliphatic rings. The van der Waals surface area contributed by atoms with E-state index < -0.39 is 11.6 Å². The molecule has 4 heteroatoms. The molecule has 0 radical (unpaired) electrons. The average Bonchev–Trinajstić information content (AvgIpc) is 2.97. The topological polar surface area (TPSA) is 15.3 Å². The number of nitrogens with zero attached hydrogens (tertiary/aromatic N) is 1. The van der Waals surface area contributed by atoms with E-state index in [1.807, 2.05) is 6.92 Å². The van der Waals surface area contributed by atoms with Gasteiger partial charge in [0.25, 0.3) is 0 Å². The second-order valence-corrected chi connectivity index (χ2v) is 6.43. The van der Waals surface area contributed by atoms with Crippen molar-refractivity contribution in [3.8, 4) is 0 Å². The Hall–Kier alpha value is -1.00. The van der Waals surface area contributed by atoms with Gasteiger partial charge in [0.2, 0.25) is 0 Å². The zero-order valence-corrected chi connectivity index (χ0v) is 13.5. The Kier molecular flexibility index (Phi) is 4.99. The quantitative estimate of drug-likeness (QED) is 0.889. The van der Waals surface area contributed by atoms with Crippen molar-refractivity contribution in [1.82, 2.24) is 10.2 Å². The van der Waals surface area contributed by atoms with E-state index in [-0.39, 0.29) is 17.1 Å². The maximum absolute atomic E-state index is 14.6. The van der Waals surface area contributed by atoms with E-state index in [4.69, 9.17) is 0 Å². The van der Waals surface area contributed by atoms with Crippen molar-refractivity contribution in [2.24, 2.45) is 0 Å². The van der Waals surface area contributed by atoms with E-state index >= 15 is 0 Å². The minimum absolute atomic E-state index is 0.175. The molecule has 0 bridgehead atoms. The predicted molar refractivity (Wildman–Crippen MR) is 82.4 cm³/mol. The number of nitrogens with one attached hydrogen (secondary N) is 1. The molecular formula is C17H26F2N2. The first kappa shape index (κ1) is 16.4. The molecule has 118 valence electrons. The van der Waals surface area contributed by atoms with Crippen molar-refractivity contribution in [1.29, 1.82) is 0 Å². The molecule has 1 unspecified atom stereocenters. The third-order valence-electron chi connectivity index (χ3n) is 4.64. The molecule has 0 aromatic heterocycles. The molecule has 2 rings (SSSR count). The van der Waals surface area contributed by atoms with Gasteiger partial charge >= 0.3 is 0 Å². The Labute approximate surface area is 126 Å². The second kappa shape index (κ2) is 6.41. The van der Waals surface area contributed by atoms with Gasteiger partial charge in [-0.3, -0.25) is 4.90 Å². The van der Waals surface area contributed by atoms with Crippen molar-refractivity contribution >= 4 is 0 Å². The Morgan fingerprint density at radius 2 is 1.86 bits per heavy atom. The highest BCUT2D eigenvalue weighted by Crippen LogP contribution is 2.36. The highest BCUT2D eigenvalue weighted by Gasteiger charge is 2.39. The molecule has 0 aliphatic carbocycles. The number of hydrogen-bond donors (Lipinski definition) is 1. The molecular weight excluding hydrogens is 270 g/mol. The molecule has 21 heavy (non-hydrogen) atoms. The predicted octanol–water partition coefficient (Wildman–Crippen LogP) is 3.80. The Bertz CT molecular complexity index is 494. The van der Waals surface area contributed by atoms with Crippen LogP contribution in [0, 0.1) is 18.6 Å². The van der Waals surface area contributed by atoms with Crippen LogP contribution in [-0.2, 0) is 0 Å². The second-order valence-electron chi connectivity index (χ2n) is 6.43. The first-order valence-corrected chi connectivity index (χ1v) is 7.82. The number of hydrogen-bond acceptors (Lipinski definition) is 2. The molecule has 1 atom stereocenters. The van der Waals surface area contributed by atoms with Crippen molar-refractivity contribution < 1.29 is 8.78 Å². The lowest BCUT2D eigenvalue weighted by Gasteiger charge is -2.43. The van der Waals surface area contributed by atoms with Gasteiger partial charge in [-0.2, -0.15) is 0 Å². The van der Waals surface area contributed by atoms with Gasteiger partial charge in [0.05, 0.1) is 6.04 Å². The van der Waals surface area contributed by atoms with Gasteiger partial charge in [0, 0.05) is 11.1 Å². The Morgan fingerprint density at radius 3 is 2.43 bits per heavy atom.